The summed E-state index contributed by atoms with van der Waals surface area (Å²) in [5.41, 5.74) is -1.01. The minimum atomic E-state index is -0.842. The number of ether oxygens (including phenoxy) is 1. The Labute approximate surface area is 189 Å². The molecule has 0 atom stereocenters. The van der Waals surface area contributed by atoms with Crippen LogP contribution in [0.4, 0.5) is 8.78 Å². The molecule has 2 aromatic carbocycles. The summed E-state index contributed by atoms with van der Waals surface area (Å²) in [5.74, 6) is -1.81. The fourth-order valence-corrected chi connectivity index (χ4v) is 3.96. The van der Waals surface area contributed by atoms with E-state index < -0.39 is 22.9 Å². The van der Waals surface area contributed by atoms with Crippen LogP contribution >= 0.6 is 0 Å². The highest BCUT2D eigenvalue weighted by molar-refractivity contribution is 5.88. The van der Waals surface area contributed by atoms with Crippen LogP contribution in [-0.2, 0) is 7.05 Å². The number of nitriles is 1. The van der Waals surface area contributed by atoms with Crippen molar-refractivity contribution in [3.63, 3.8) is 0 Å². The van der Waals surface area contributed by atoms with Gasteiger partial charge in [-0.3, -0.25) is 14.5 Å². The molecule has 11 heteroatoms. The van der Waals surface area contributed by atoms with E-state index in [-0.39, 0.29) is 39.0 Å². The summed E-state index contributed by atoms with van der Waals surface area (Å²) in [6.45, 7) is 0. The monoisotopic (exact) mass is 460 g/mol. The quantitative estimate of drug-likeness (QED) is 0.442. The lowest BCUT2D eigenvalue weighted by molar-refractivity contribution is 0.386. The average Bonchev–Trinajstić information content (AvgIpc) is 3.21. The van der Waals surface area contributed by atoms with Gasteiger partial charge in [0.2, 0.25) is 0 Å². The van der Waals surface area contributed by atoms with Crippen LogP contribution in [0.1, 0.15) is 5.56 Å². The number of benzene rings is 2. The molecule has 0 unspecified atom stereocenters. The number of aromatic amines is 1. The Balaban J connectivity index is 1.80. The van der Waals surface area contributed by atoms with Crippen LogP contribution in [0.25, 0.3) is 38.6 Å². The second-order valence-corrected chi connectivity index (χ2v) is 7.46. The molecular formula is C23H14F2N6O3. The van der Waals surface area contributed by atoms with Crippen molar-refractivity contribution in [3.05, 3.63) is 80.9 Å². The molecule has 5 aromatic rings. The zero-order chi connectivity index (χ0) is 24.1. The van der Waals surface area contributed by atoms with Gasteiger partial charge in [0.1, 0.15) is 5.82 Å². The van der Waals surface area contributed by atoms with Crippen molar-refractivity contribution in [3.8, 4) is 28.6 Å². The van der Waals surface area contributed by atoms with E-state index >= 15 is 4.39 Å². The summed E-state index contributed by atoms with van der Waals surface area (Å²) in [6, 6.07) is 6.13. The first-order chi connectivity index (χ1) is 16.3. The van der Waals surface area contributed by atoms with E-state index in [1.54, 1.807) is 19.4 Å². The van der Waals surface area contributed by atoms with E-state index in [0.29, 0.717) is 10.9 Å². The molecule has 0 spiro atoms. The SMILES string of the molecule is COc1cc(-c2cc3[nH]c(=O)n(-c4cncc5cnn(C)c45)c(=O)c3cc2F)c(C#N)cc1F. The molecule has 0 aliphatic carbocycles. The molecule has 0 saturated heterocycles. The van der Waals surface area contributed by atoms with Crippen LogP contribution in [0.2, 0.25) is 0 Å². The lowest BCUT2D eigenvalue weighted by Crippen LogP contribution is -2.34. The standard InChI is InChI=1S/C23H14F2N6O3/c1-30-21-12(9-28-30)8-27-10-19(21)31-22(32)15-4-16(24)14(5-18(15)29-23(31)33)13-6-20(34-2)17(25)3-11(13)7-26/h3-6,8-10H,1-2H3,(H,29,33). The van der Waals surface area contributed by atoms with Crippen LogP contribution < -0.4 is 16.0 Å². The number of nitrogens with zero attached hydrogens (tertiary/aromatic N) is 5. The number of halogens is 2. The van der Waals surface area contributed by atoms with Gasteiger partial charge in [-0.1, -0.05) is 0 Å². The van der Waals surface area contributed by atoms with Gasteiger partial charge >= 0.3 is 5.69 Å². The van der Waals surface area contributed by atoms with E-state index in [9.17, 15) is 19.2 Å². The summed E-state index contributed by atoms with van der Waals surface area (Å²) in [7, 11) is 2.89. The largest absolute Gasteiger partial charge is 0.494 e. The number of rotatable bonds is 3. The Hall–Kier alpha value is -4.85. The van der Waals surface area contributed by atoms with Gasteiger partial charge in [0, 0.05) is 29.8 Å². The number of pyridine rings is 1. The highest BCUT2D eigenvalue weighted by Crippen LogP contribution is 2.33. The van der Waals surface area contributed by atoms with Gasteiger partial charge < -0.3 is 9.72 Å². The Kier molecular flexibility index (Phi) is 4.72. The lowest BCUT2D eigenvalue weighted by atomic mass is 9.98. The molecule has 0 radical (unpaired) electrons. The van der Waals surface area contributed by atoms with Crippen LogP contribution in [0.5, 0.6) is 5.75 Å². The molecule has 0 fully saturated rings. The van der Waals surface area contributed by atoms with Gasteiger partial charge in [-0.2, -0.15) is 10.4 Å². The summed E-state index contributed by atoms with van der Waals surface area (Å²) >= 11 is 0. The number of nitrogens with one attached hydrogen (secondary N) is 1. The Morgan fingerprint density at radius 2 is 1.85 bits per heavy atom. The van der Waals surface area contributed by atoms with E-state index in [0.717, 1.165) is 16.7 Å². The molecule has 1 N–H and O–H groups in total. The maximum absolute atomic E-state index is 15.2. The molecule has 0 bridgehead atoms. The molecule has 0 saturated carbocycles. The van der Waals surface area contributed by atoms with Gasteiger partial charge in [0.05, 0.1) is 53.2 Å². The average molecular weight is 460 g/mol. The predicted octanol–water partition coefficient (Wildman–Crippen LogP) is 2.79. The summed E-state index contributed by atoms with van der Waals surface area (Å²) in [5, 5.41) is 14.0. The number of H-pyrrole nitrogens is 1. The van der Waals surface area contributed by atoms with Crippen LogP contribution in [0.3, 0.4) is 0 Å². The number of hydrogen-bond donors (Lipinski definition) is 1. The van der Waals surface area contributed by atoms with E-state index in [2.05, 4.69) is 15.1 Å². The Morgan fingerprint density at radius 1 is 1.06 bits per heavy atom. The lowest BCUT2D eigenvalue weighted by Gasteiger charge is -2.12. The number of methoxy groups -OCH3 is 1. The second-order valence-electron chi connectivity index (χ2n) is 7.46. The normalized spacial score (nSPS) is 11.1. The second kappa shape index (κ2) is 7.63. The number of aryl methyl sites for hydroxylation is 1. The van der Waals surface area contributed by atoms with Crippen molar-refractivity contribution in [2.75, 3.05) is 7.11 Å². The Morgan fingerprint density at radius 3 is 2.59 bits per heavy atom. The summed E-state index contributed by atoms with van der Waals surface area (Å²) < 4.78 is 36.6. The molecule has 0 aliphatic rings. The minimum Gasteiger partial charge on any atom is -0.494 e. The molecular weight excluding hydrogens is 446 g/mol. The first-order valence-electron chi connectivity index (χ1n) is 9.86. The van der Waals surface area contributed by atoms with Gasteiger partial charge in [-0.05, 0) is 24.3 Å². The first kappa shape index (κ1) is 21.0. The maximum Gasteiger partial charge on any atom is 0.333 e. The maximum atomic E-state index is 15.2. The van der Waals surface area contributed by atoms with Crippen LogP contribution in [-0.4, -0.2) is 31.4 Å². The van der Waals surface area contributed by atoms with Crippen LogP contribution in [0, 0.1) is 23.0 Å². The van der Waals surface area contributed by atoms with Crippen LogP contribution in [0.15, 0.2) is 52.4 Å². The van der Waals surface area contributed by atoms with Crippen molar-refractivity contribution in [1.29, 1.82) is 5.26 Å². The molecule has 0 amide bonds. The third-order valence-corrected chi connectivity index (χ3v) is 5.55. The van der Waals surface area contributed by atoms with E-state index in [1.165, 1.54) is 30.1 Å². The number of hydrogen-bond acceptors (Lipinski definition) is 6. The summed E-state index contributed by atoms with van der Waals surface area (Å²) in [4.78, 5) is 32.9. The van der Waals surface area contributed by atoms with Crippen molar-refractivity contribution in [1.82, 2.24) is 24.3 Å². The van der Waals surface area contributed by atoms with E-state index in [1.807, 2.05) is 6.07 Å². The van der Waals surface area contributed by atoms with E-state index in [4.69, 9.17) is 4.74 Å². The molecule has 3 aromatic heterocycles. The number of aromatic nitrogens is 5. The highest BCUT2D eigenvalue weighted by Gasteiger charge is 2.20. The topological polar surface area (TPSA) is 119 Å². The van der Waals surface area contributed by atoms with Crippen molar-refractivity contribution < 1.29 is 13.5 Å². The zero-order valence-electron chi connectivity index (χ0n) is 17.8. The predicted molar refractivity (Wildman–Crippen MR) is 119 cm³/mol. The van der Waals surface area contributed by atoms with Gasteiger partial charge in [-0.15, -0.1) is 0 Å². The van der Waals surface area contributed by atoms with Crippen molar-refractivity contribution >= 4 is 21.8 Å². The third kappa shape index (κ3) is 3.04. The minimum absolute atomic E-state index is 0.0416. The molecule has 168 valence electrons. The van der Waals surface area contributed by atoms with Crippen molar-refractivity contribution in [2.24, 2.45) is 7.05 Å². The highest BCUT2D eigenvalue weighted by atomic mass is 19.1. The summed E-state index contributed by atoms with van der Waals surface area (Å²) in [6.07, 6.45) is 4.44. The van der Waals surface area contributed by atoms with Gasteiger partial charge in [-0.25, -0.2) is 18.1 Å². The van der Waals surface area contributed by atoms with Gasteiger partial charge in [0.15, 0.2) is 11.6 Å². The third-order valence-electron chi connectivity index (χ3n) is 5.55. The molecule has 3 heterocycles. The molecule has 34 heavy (non-hydrogen) atoms. The fourth-order valence-electron chi connectivity index (χ4n) is 3.96. The molecule has 9 nitrogen and oxygen atoms in total. The first-order valence-corrected chi connectivity index (χ1v) is 9.86. The van der Waals surface area contributed by atoms with Crippen molar-refractivity contribution in [2.45, 2.75) is 0 Å². The van der Waals surface area contributed by atoms with Gasteiger partial charge in [0.25, 0.3) is 5.56 Å². The number of fused-ring (bicyclic) bond motifs is 2. The smallest absolute Gasteiger partial charge is 0.333 e. The zero-order valence-corrected chi connectivity index (χ0v) is 17.8. The Bertz CT molecular complexity index is 1800. The molecule has 5 rings (SSSR count). The molecule has 0 aliphatic heterocycles. The fraction of sp³-hybridized carbons (Fsp3) is 0.0870.